The summed E-state index contributed by atoms with van der Waals surface area (Å²) >= 11 is 3.31. The summed E-state index contributed by atoms with van der Waals surface area (Å²) in [5.74, 6) is 0.113. The number of halogens is 1. The lowest BCUT2D eigenvalue weighted by Crippen LogP contribution is -2.37. The Hall–Kier alpha value is -0.0900. The normalized spacial score (nSPS) is 12.6. The molecule has 0 heterocycles. The number of aliphatic hydroxyl groups is 1. The number of likely N-dealkylation sites (N-methyl/N-ethyl adjacent to an activating group) is 1. The van der Waals surface area contributed by atoms with E-state index in [-0.39, 0.29) is 18.6 Å². The van der Waals surface area contributed by atoms with Crippen LogP contribution < -0.4 is 0 Å². The highest BCUT2D eigenvalue weighted by molar-refractivity contribution is 9.09. The van der Waals surface area contributed by atoms with Crippen molar-refractivity contribution < 1.29 is 9.90 Å². The molecule has 0 aromatic rings. The molecule has 0 aliphatic rings. The number of hydrogen-bond donors (Lipinski definition) is 1. The average Bonchev–Trinajstić information content (AvgIpc) is 2.15. The van der Waals surface area contributed by atoms with Gasteiger partial charge in [0, 0.05) is 18.8 Å². The maximum atomic E-state index is 11.4. The number of amides is 1. The van der Waals surface area contributed by atoms with E-state index in [1.807, 2.05) is 6.92 Å². The molecule has 0 fully saturated rings. The summed E-state index contributed by atoms with van der Waals surface area (Å²) in [5, 5.41) is 9.77. The van der Waals surface area contributed by atoms with E-state index < -0.39 is 0 Å². The zero-order valence-electron chi connectivity index (χ0n) is 8.29. The summed E-state index contributed by atoms with van der Waals surface area (Å²) in [6.45, 7) is 1.86. The van der Waals surface area contributed by atoms with Crippen LogP contribution in [0.5, 0.6) is 0 Å². The molecule has 0 bridgehead atoms. The molecule has 0 aromatic heterocycles. The molecule has 1 N–H and O–H groups in total. The third kappa shape index (κ3) is 5.26. The van der Waals surface area contributed by atoms with E-state index in [0.29, 0.717) is 6.42 Å². The van der Waals surface area contributed by atoms with Gasteiger partial charge in [0.1, 0.15) is 0 Å². The molecule has 78 valence electrons. The van der Waals surface area contributed by atoms with E-state index in [2.05, 4.69) is 15.9 Å². The van der Waals surface area contributed by atoms with Crippen LogP contribution in [0.2, 0.25) is 0 Å². The Morgan fingerprint density at radius 3 is 2.62 bits per heavy atom. The Balaban J connectivity index is 3.69. The van der Waals surface area contributed by atoms with E-state index in [0.717, 1.165) is 18.2 Å². The largest absolute Gasteiger partial charge is 0.394 e. The van der Waals surface area contributed by atoms with Crippen molar-refractivity contribution in [2.24, 2.45) is 0 Å². The van der Waals surface area contributed by atoms with Crippen molar-refractivity contribution in [2.45, 2.75) is 32.2 Å². The van der Waals surface area contributed by atoms with E-state index >= 15 is 0 Å². The summed E-state index contributed by atoms with van der Waals surface area (Å²) in [6.07, 6.45) is 2.51. The Morgan fingerprint density at radius 2 is 2.15 bits per heavy atom. The van der Waals surface area contributed by atoms with Crippen LogP contribution >= 0.6 is 15.9 Å². The molecule has 1 unspecified atom stereocenters. The minimum Gasteiger partial charge on any atom is -0.394 e. The zero-order chi connectivity index (χ0) is 10.3. The van der Waals surface area contributed by atoms with Crippen molar-refractivity contribution in [3.8, 4) is 0 Å². The van der Waals surface area contributed by atoms with Gasteiger partial charge in [-0.25, -0.2) is 0 Å². The Kier molecular flexibility index (Phi) is 7.28. The molecule has 0 aliphatic heterocycles. The summed E-state index contributed by atoms with van der Waals surface area (Å²) in [6, 6.07) is -0.0727. The summed E-state index contributed by atoms with van der Waals surface area (Å²) in [5.41, 5.74) is 0. The monoisotopic (exact) mass is 251 g/mol. The van der Waals surface area contributed by atoms with Crippen molar-refractivity contribution in [1.29, 1.82) is 0 Å². The lowest BCUT2D eigenvalue weighted by Gasteiger charge is -2.23. The molecule has 13 heavy (non-hydrogen) atoms. The summed E-state index contributed by atoms with van der Waals surface area (Å²) in [4.78, 5) is 13.0. The van der Waals surface area contributed by atoms with Gasteiger partial charge in [-0.3, -0.25) is 4.79 Å². The maximum absolute atomic E-state index is 11.4. The van der Waals surface area contributed by atoms with Gasteiger partial charge in [-0.1, -0.05) is 15.9 Å². The number of aliphatic hydroxyl groups excluding tert-OH is 1. The molecule has 0 spiro atoms. The third-order valence-corrected chi connectivity index (χ3v) is 2.65. The van der Waals surface area contributed by atoms with Gasteiger partial charge in [0.25, 0.3) is 0 Å². The highest BCUT2D eigenvalue weighted by atomic mass is 79.9. The topological polar surface area (TPSA) is 40.5 Å². The average molecular weight is 252 g/mol. The molecule has 1 amide bonds. The second kappa shape index (κ2) is 7.33. The number of carbonyl (C=O) groups is 1. The van der Waals surface area contributed by atoms with Crippen LogP contribution in [0.4, 0.5) is 0 Å². The first-order valence-corrected chi connectivity index (χ1v) is 5.68. The summed E-state index contributed by atoms with van der Waals surface area (Å²) in [7, 11) is 1.73. The van der Waals surface area contributed by atoms with Crippen molar-refractivity contribution in [3.05, 3.63) is 0 Å². The van der Waals surface area contributed by atoms with Crippen molar-refractivity contribution in [1.82, 2.24) is 4.90 Å². The van der Waals surface area contributed by atoms with Crippen LogP contribution in [0.25, 0.3) is 0 Å². The Labute approximate surface area is 88.2 Å². The number of unbranched alkanes of at least 4 members (excludes halogenated alkanes) is 1. The van der Waals surface area contributed by atoms with Crippen molar-refractivity contribution in [3.63, 3.8) is 0 Å². The van der Waals surface area contributed by atoms with Crippen LogP contribution in [-0.4, -0.2) is 40.9 Å². The van der Waals surface area contributed by atoms with E-state index in [1.165, 1.54) is 0 Å². The minimum atomic E-state index is -0.0727. The van der Waals surface area contributed by atoms with Crippen LogP contribution in [0.1, 0.15) is 26.2 Å². The molecule has 1 atom stereocenters. The predicted octanol–water partition coefficient (Wildman–Crippen LogP) is 1.39. The molecular weight excluding hydrogens is 234 g/mol. The molecule has 0 aromatic carbocycles. The number of hydrogen-bond acceptors (Lipinski definition) is 2. The van der Waals surface area contributed by atoms with Gasteiger partial charge < -0.3 is 10.0 Å². The van der Waals surface area contributed by atoms with Crippen LogP contribution in [0, 0.1) is 0 Å². The maximum Gasteiger partial charge on any atom is 0.222 e. The standard InChI is InChI=1S/C9H18BrNO2/c1-8(7-12)11(2)9(13)5-3-4-6-10/h8,12H,3-7H2,1-2H3. The smallest absolute Gasteiger partial charge is 0.222 e. The quantitative estimate of drug-likeness (QED) is 0.573. The van der Waals surface area contributed by atoms with E-state index in [1.54, 1.807) is 11.9 Å². The first-order chi connectivity index (χ1) is 6.13. The molecule has 0 rings (SSSR count). The first-order valence-electron chi connectivity index (χ1n) is 4.56. The van der Waals surface area contributed by atoms with Gasteiger partial charge in [-0.05, 0) is 19.8 Å². The number of rotatable bonds is 6. The Bertz CT molecular complexity index is 153. The highest BCUT2D eigenvalue weighted by Crippen LogP contribution is 2.04. The lowest BCUT2D eigenvalue weighted by molar-refractivity contribution is -0.132. The SMILES string of the molecule is CC(CO)N(C)C(=O)CCCCBr. The number of alkyl halides is 1. The molecule has 4 heteroatoms. The molecular formula is C9H18BrNO2. The van der Waals surface area contributed by atoms with Crippen LogP contribution in [-0.2, 0) is 4.79 Å². The third-order valence-electron chi connectivity index (χ3n) is 2.09. The second-order valence-electron chi connectivity index (χ2n) is 3.18. The van der Waals surface area contributed by atoms with Gasteiger partial charge in [-0.2, -0.15) is 0 Å². The van der Waals surface area contributed by atoms with E-state index in [4.69, 9.17) is 5.11 Å². The van der Waals surface area contributed by atoms with Gasteiger partial charge in [-0.15, -0.1) is 0 Å². The van der Waals surface area contributed by atoms with Crippen LogP contribution in [0.15, 0.2) is 0 Å². The molecule has 3 nitrogen and oxygen atoms in total. The molecule has 0 radical (unpaired) electrons. The van der Waals surface area contributed by atoms with Gasteiger partial charge in [0.15, 0.2) is 0 Å². The zero-order valence-corrected chi connectivity index (χ0v) is 9.88. The fraction of sp³-hybridized carbons (Fsp3) is 0.889. The van der Waals surface area contributed by atoms with Gasteiger partial charge in [0.05, 0.1) is 12.6 Å². The Morgan fingerprint density at radius 1 is 1.54 bits per heavy atom. The number of carbonyl (C=O) groups excluding carboxylic acids is 1. The molecule has 0 aliphatic carbocycles. The molecule has 0 saturated heterocycles. The second-order valence-corrected chi connectivity index (χ2v) is 3.98. The molecule has 0 saturated carbocycles. The highest BCUT2D eigenvalue weighted by Gasteiger charge is 2.13. The van der Waals surface area contributed by atoms with Crippen LogP contribution in [0.3, 0.4) is 0 Å². The minimum absolute atomic E-state index is 0.0285. The fourth-order valence-corrected chi connectivity index (χ4v) is 1.31. The van der Waals surface area contributed by atoms with Gasteiger partial charge >= 0.3 is 0 Å². The fourth-order valence-electron chi connectivity index (χ4n) is 0.915. The predicted molar refractivity (Wildman–Crippen MR) is 57.0 cm³/mol. The van der Waals surface area contributed by atoms with E-state index in [9.17, 15) is 4.79 Å². The first kappa shape index (κ1) is 12.9. The van der Waals surface area contributed by atoms with Crippen molar-refractivity contribution in [2.75, 3.05) is 19.0 Å². The lowest BCUT2D eigenvalue weighted by atomic mass is 10.2. The summed E-state index contributed by atoms with van der Waals surface area (Å²) < 4.78 is 0. The number of nitrogens with zero attached hydrogens (tertiary/aromatic N) is 1. The van der Waals surface area contributed by atoms with Gasteiger partial charge in [0.2, 0.25) is 5.91 Å². The van der Waals surface area contributed by atoms with Crippen molar-refractivity contribution >= 4 is 21.8 Å².